The average Bonchev–Trinajstić information content (AvgIpc) is 2.42. The molecule has 0 bridgehead atoms. The molecule has 1 aromatic heterocycles. The molecule has 2 rings (SSSR count). The van der Waals surface area contributed by atoms with E-state index < -0.39 is 0 Å². The summed E-state index contributed by atoms with van der Waals surface area (Å²) in [4.78, 5) is 14.6. The maximum absolute atomic E-state index is 10.4. The SMILES string of the molecule is O=Cc1c[c-]c(-c2ccccn2)cc1.[Cl][Os]. The summed E-state index contributed by atoms with van der Waals surface area (Å²) in [5.41, 5.74) is 2.39. The molecular weight excluding hydrogens is 400 g/mol. The molecule has 16 heavy (non-hydrogen) atoms. The van der Waals surface area contributed by atoms with Gasteiger partial charge in [0.25, 0.3) is 0 Å². The number of carbonyl (C=O) groups is 1. The molecule has 0 aliphatic rings. The first-order chi connectivity index (χ1) is 7.90. The molecule has 0 saturated carbocycles. The first-order valence-corrected chi connectivity index (χ1v) is 7.56. The molecule has 1 aromatic carbocycles. The molecule has 0 fully saturated rings. The van der Waals surface area contributed by atoms with Crippen molar-refractivity contribution in [3.05, 3.63) is 54.2 Å². The topological polar surface area (TPSA) is 30.0 Å². The Hall–Kier alpha value is -1.03. The molecule has 0 N–H and O–H groups in total. The average molecular weight is 408 g/mol. The summed E-state index contributed by atoms with van der Waals surface area (Å²) in [5, 5.41) is 0. The molecule has 83 valence electrons. The second kappa shape index (κ2) is 7.27. The molecule has 4 heteroatoms. The van der Waals surface area contributed by atoms with E-state index in [1.807, 2.05) is 24.3 Å². The summed E-state index contributed by atoms with van der Waals surface area (Å²) >= 11 is 1.33. The minimum absolute atomic E-state index is 0.629. The summed E-state index contributed by atoms with van der Waals surface area (Å²) in [6, 6.07) is 14.0. The number of benzene rings is 1. The van der Waals surface area contributed by atoms with Gasteiger partial charge in [0.1, 0.15) is 6.29 Å². The molecule has 0 saturated heterocycles. The number of nitrogens with zero attached hydrogens (tertiary/aromatic N) is 1. The Morgan fingerprint density at radius 1 is 1.25 bits per heavy atom. The standard InChI is InChI=1S/C12H8NO.ClH.Os/c14-9-10-4-6-11(7-5-10)12-3-1-2-8-13-12;;/h1-6,8-9H;1H;/q-1;;+1/p-1. The van der Waals surface area contributed by atoms with E-state index in [1.165, 1.54) is 17.6 Å². The van der Waals surface area contributed by atoms with Crippen molar-refractivity contribution in [2.75, 3.05) is 0 Å². The van der Waals surface area contributed by atoms with Gasteiger partial charge in [0.15, 0.2) is 0 Å². The quantitative estimate of drug-likeness (QED) is 0.565. The molecular formula is C12H8ClNOOs-. The predicted molar refractivity (Wildman–Crippen MR) is 59.7 cm³/mol. The third-order valence-electron chi connectivity index (χ3n) is 1.91. The van der Waals surface area contributed by atoms with E-state index in [0.717, 1.165) is 17.5 Å². The monoisotopic (exact) mass is 409 g/mol. The van der Waals surface area contributed by atoms with Crippen LogP contribution < -0.4 is 0 Å². The van der Waals surface area contributed by atoms with Crippen molar-refractivity contribution < 1.29 is 22.4 Å². The van der Waals surface area contributed by atoms with Crippen molar-refractivity contribution in [1.82, 2.24) is 4.98 Å². The van der Waals surface area contributed by atoms with Gasteiger partial charge in [-0.2, -0.15) is 0 Å². The van der Waals surface area contributed by atoms with E-state index in [0.29, 0.717) is 5.56 Å². The van der Waals surface area contributed by atoms with Crippen molar-refractivity contribution in [3.63, 3.8) is 0 Å². The molecule has 0 aliphatic carbocycles. The van der Waals surface area contributed by atoms with Crippen LogP contribution in [0.2, 0.25) is 0 Å². The van der Waals surface area contributed by atoms with Crippen LogP contribution in [0.4, 0.5) is 0 Å². The first-order valence-electron chi connectivity index (χ1n) is 4.42. The molecule has 0 atom stereocenters. The minimum atomic E-state index is 0.629. The third kappa shape index (κ3) is 3.52. The predicted octanol–water partition coefficient (Wildman–Crippen LogP) is 3.05. The first kappa shape index (κ1) is 13.0. The Labute approximate surface area is 109 Å². The molecule has 0 radical (unpaired) electrons. The van der Waals surface area contributed by atoms with E-state index in [2.05, 4.69) is 20.7 Å². The summed E-state index contributed by atoms with van der Waals surface area (Å²) in [7, 11) is 4.67. The van der Waals surface area contributed by atoms with Gasteiger partial charge < -0.3 is 9.78 Å². The number of hydrogen-bond donors (Lipinski definition) is 0. The van der Waals surface area contributed by atoms with Crippen LogP contribution in [-0.4, -0.2) is 11.3 Å². The van der Waals surface area contributed by atoms with Crippen molar-refractivity contribution in [2.45, 2.75) is 0 Å². The molecule has 0 spiro atoms. The zero-order chi connectivity index (χ0) is 11.8. The van der Waals surface area contributed by atoms with Gasteiger partial charge >= 0.3 is 27.2 Å². The molecule has 2 aromatic rings. The van der Waals surface area contributed by atoms with E-state index in [-0.39, 0.29) is 0 Å². The van der Waals surface area contributed by atoms with Gasteiger partial charge in [0, 0.05) is 6.20 Å². The summed E-state index contributed by atoms with van der Waals surface area (Å²) in [6.45, 7) is 0. The van der Waals surface area contributed by atoms with Crippen LogP contribution in [0.25, 0.3) is 11.3 Å². The van der Waals surface area contributed by atoms with E-state index in [4.69, 9.17) is 0 Å². The molecule has 0 amide bonds. The fraction of sp³-hybridized carbons (Fsp3) is 0. The van der Waals surface area contributed by atoms with Gasteiger partial charge in [-0.3, -0.25) is 0 Å². The van der Waals surface area contributed by atoms with Crippen LogP contribution in [0.1, 0.15) is 10.4 Å². The number of pyridine rings is 1. The van der Waals surface area contributed by atoms with Gasteiger partial charge in [0.05, 0.1) is 0 Å². The maximum atomic E-state index is 10.4. The van der Waals surface area contributed by atoms with Crippen LogP contribution in [0, 0.1) is 6.07 Å². The van der Waals surface area contributed by atoms with E-state index >= 15 is 0 Å². The number of rotatable bonds is 2. The Morgan fingerprint density at radius 3 is 2.56 bits per heavy atom. The third-order valence-corrected chi connectivity index (χ3v) is 1.91. The van der Waals surface area contributed by atoms with Crippen molar-refractivity contribution in [3.8, 4) is 11.3 Å². The van der Waals surface area contributed by atoms with Crippen LogP contribution >= 0.6 is 9.64 Å². The van der Waals surface area contributed by atoms with Crippen LogP contribution in [0.15, 0.2) is 42.6 Å². The number of halogens is 1. The number of aldehydes is 1. The van der Waals surface area contributed by atoms with Crippen molar-refractivity contribution in [1.29, 1.82) is 0 Å². The fourth-order valence-electron chi connectivity index (χ4n) is 1.19. The summed E-state index contributed by atoms with van der Waals surface area (Å²) in [5.74, 6) is 0. The number of aromatic nitrogens is 1. The molecule has 0 unspecified atom stereocenters. The molecule has 1 heterocycles. The Kier molecular flexibility index (Phi) is 5.93. The van der Waals surface area contributed by atoms with Gasteiger partial charge in [-0.1, -0.05) is 17.7 Å². The van der Waals surface area contributed by atoms with Crippen LogP contribution in [0.5, 0.6) is 0 Å². The second-order valence-corrected chi connectivity index (χ2v) is 2.87. The summed E-state index contributed by atoms with van der Waals surface area (Å²) in [6.07, 6.45) is 2.54. The zero-order valence-corrected chi connectivity index (χ0v) is 11.5. The number of hydrogen-bond acceptors (Lipinski definition) is 2. The van der Waals surface area contributed by atoms with Gasteiger partial charge in [-0.15, -0.1) is 29.8 Å². The Morgan fingerprint density at radius 2 is 2.06 bits per heavy atom. The molecule has 0 aliphatic heterocycles. The molecule has 2 nitrogen and oxygen atoms in total. The van der Waals surface area contributed by atoms with E-state index in [9.17, 15) is 4.79 Å². The Balaban J connectivity index is 0.000000606. The Bertz CT molecular complexity index is 431. The van der Waals surface area contributed by atoms with Crippen molar-refractivity contribution >= 4 is 15.9 Å². The van der Waals surface area contributed by atoms with Gasteiger partial charge in [-0.05, 0) is 11.8 Å². The van der Waals surface area contributed by atoms with Crippen LogP contribution in [0.3, 0.4) is 0 Å². The van der Waals surface area contributed by atoms with Gasteiger partial charge in [-0.25, -0.2) is 0 Å². The number of carbonyl (C=O) groups excluding carboxylic acids is 1. The van der Waals surface area contributed by atoms with Crippen molar-refractivity contribution in [2.24, 2.45) is 0 Å². The van der Waals surface area contributed by atoms with E-state index in [1.54, 1.807) is 18.3 Å². The fourth-order valence-corrected chi connectivity index (χ4v) is 1.19. The normalized spacial score (nSPS) is 8.88. The zero-order valence-electron chi connectivity index (χ0n) is 8.21. The summed E-state index contributed by atoms with van der Waals surface area (Å²) < 4.78 is 0. The van der Waals surface area contributed by atoms with Gasteiger partial charge in [0.2, 0.25) is 0 Å². The second-order valence-electron chi connectivity index (χ2n) is 2.87. The van der Waals surface area contributed by atoms with Crippen LogP contribution in [-0.2, 0) is 17.6 Å².